The van der Waals surface area contributed by atoms with Crippen molar-refractivity contribution in [3.63, 3.8) is 0 Å². The van der Waals surface area contributed by atoms with Crippen molar-refractivity contribution in [2.45, 2.75) is 96.8 Å². The molecule has 2 saturated heterocycles. The topological polar surface area (TPSA) is 201 Å². The molecule has 0 saturated carbocycles. The summed E-state index contributed by atoms with van der Waals surface area (Å²) in [5, 5.41) is 44.3. The monoisotopic (exact) mass is 1130 g/mol. The van der Waals surface area contributed by atoms with E-state index in [1.165, 1.54) is 111 Å². The first-order valence-electron chi connectivity index (χ1n) is 27.9. The van der Waals surface area contributed by atoms with Gasteiger partial charge < -0.3 is 20.4 Å². The number of nitrogens with one attached hydrogen (secondary N) is 1. The Hall–Kier alpha value is -8.48. The number of halogens is 4. The molecule has 2 aliphatic heterocycles. The molecule has 6 aliphatic rings. The highest BCUT2D eigenvalue weighted by atomic mass is 19.1. The van der Waals surface area contributed by atoms with Crippen LogP contribution in [0.1, 0.15) is 123 Å². The van der Waals surface area contributed by atoms with Crippen molar-refractivity contribution in [3.8, 4) is 0 Å². The SMILES string of the molecule is C1CCNC1.Cc1cccnn1.Fc1ccc2c(c1)CC(CCN1CCCC1)=C2Cc1cccnn1.O=C(O)CC1=C(Cc2cccnn2)c2ccc(F)cc2C1.O=C(O)CC1Cc2cc(F)ccc2C1=O.O=C1CCc2cc(F)ccc21. The quantitative estimate of drug-likeness (QED) is 0.103. The van der Waals surface area contributed by atoms with Crippen LogP contribution in [0.3, 0.4) is 0 Å². The number of allylic oxidation sites excluding steroid dienone is 2. The fourth-order valence-corrected chi connectivity index (χ4v) is 11.0. The Kier molecular flexibility index (Phi) is 21.9. The Morgan fingerprint density at radius 1 is 0.578 bits per heavy atom. The third kappa shape index (κ3) is 17.8. The van der Waals surface area contributed by atoms with Gasteiger partial charge in [0.25, 0.3) is 0 Å². The van der Waals surface area contributed by atoms with Gasteiger partial charge >= 0.3 is 11.9 Å². The van der Waals surface area contributed by atoms with Crippen molar-refractivity contribution in [1.82, 2.24) is 40.8 Å². The number of aryl methyl sites for hydroxylation is 2. The van der Waals surface area contributed by atoms with Crippen molar-refractivity contribution >= 4 is 34.7 Å². The summed E-state index contributed by atoms with van der Waals surface area (Å²) in [7, 11) is 0. The van der Waals surface area contributed by atoms with Gasteiger partial charge in [0.05, 0.1) is 29.9 Å². The number of rotatable bonds is 11. The van der Waals surface area contributed by atoms with E-state index >= 15 is 0 Å². The van der Waals surface area contributed by atoms with E-state index in [-0.39, 0.29) is 41.9 Å². The predicted octanol–water partition coefficient (Wildman–Crippen LogP) is 11.1. The smallest absolute Gasteiger partial charge is 0.307 e. The van der Waals surface area contributed by atoms with Gasteiger partial charge in [-0.3, -0.25) is 19.2 Å². The number of carbonyl (C=O) groups is 4. The molecule has 3 aromatic heterocycles. The molecular formula is C65H66F4N8O6. The molecule has 83 heavy (non-hydrogen) atoms. The molecule has 4 aromatic carbocycles. The molecule has 0 bridgehead atoms. The van der Waals surface area contributed by atoms with Gasteiger partial charge in [0, 0.05) is 61.4 Å². The molecule has 0 amide bonds. The van der Waals surface area contributed by atoms with E-state index in [0.717, 1.165) is 76.3 Å². The molecule has 13 rings (SSSR count). The van der Waals surface area contributed by atoms with Crippen LogP contribution >= 0.6 is 0 Å². The van der Waals surface area contributed by atoms with Gasteiger partial charge in [0.1, 0.15) is 23.3 Å². The summed E-state index contributed by atoms with van der Waals surface area (Å²) in [5.74, 6) is -3.54. The Morgan fingerprint density at radius 2 is 1.08 bits per heavy atom. The van der Waals surface area contributed by atoms with Crippen LogP contribution in [-0.2, 0) is 48.1 Å². The molecule has 430 valence electrons. The molecule has 2 fully saturated rings. The van der Waals surface area contributed by atoms with Gasteiger partial charge in [-0.15, -0.1) is 0 Å². The second kappa shape index (κ2) is 30.0. The zero-order valence-electron chi connectivity index (χ0n) is 46.3. The second-order valence-electron chi connectivity index (χ2n) is 21.0. The van der Waals surface area contributed by atoms with Crippen molar-refractivity contribution in [3.05, 3.63) is 224 Å². The molecule has 0 spiro atoms. The zero-order valence-corrected chi connectivity index (χ0v) is 46.3. The molecule has 1 atom stereocenters. The van der Waals surface area contributed by atoms with Gasteiger partial charge in [0.2, 0.25) is 0 Å². The van der Waals surface area contributed by atoms with Crippen LogP contribution in [0.25, 0.3) is 11.1 Å². The first-order valence-corrected chi connectivity index (χ1v) is 27.9. The van der Waals surface area contributed by atoms with Gasteiger partial charge in [-0.2, -0.15) is 30.6 Å². The standard InChI is InChI=1S/C20H22FN3.C16H13FN2O2.C11H9FO3.C9H7FO.C5H6N2.C4H9N/c21-17-5-6-19-16(13-17)12-15(7-11-24-9-1-2-10-24)20(19)14-18-4-3-8-22-23-18;17-12-3-4-14-10(7-12)6-11(8-16(20)21)15(14)9-13-2-1-5-18-19-13;12-8-1-2-9-6(4-8)3-7(11(9)15)5-10(13)14;10-7-2-3-8-6(5-7)1-4-9(8)11;1-5-3-2-4-6-7-5;1-2-4-5-3-1/h3-6,8,13H,1-2,7,9-12,14H2;1-5,7H,6,8-9H2,(H,20,21);1-2,4,7H,3,5H2,(H,13,14);2-3,5H,1,4H2;2-4H,1H3;5H,1-4H2. The summed E-state index contributed by atoms with van der Waals surface area (Å²) in [4.78, 5) is 46.8. The van der Waals surface area contributed by atoms with Crippen LogP contribution in [0.5, 0.6) is 0 Å². The summed E-state index contributed by atoms with van der Waals surface area (Å²) >= 11 is 0. The van der Waals surface area contributed by atoms with Crippen molar-refractivity contribution in [1.29, 1.82) is 0 Å². The highest BCUT2D eigenvalue weighted by Gasteiger charge is 2.32. The van der Waals surface area contributed by atoms with E-state index in [4.69, 9.17) is 10.2 Å². The molecular weight excluding hydrogens is 1060 g/mol. The average Bonchev–Trinajstić information content (AvgIpc) is 4.56. The average molecular weight is 1130 g/mol. The number of aliphatic carboxylic acids is 2. The normalized spacial score (nSPS) is 16.1. The largest absolute Gasteiger partial charge is 0.481 e. The Labute approximate surface area is 479 Å². The number of fused-ring (bicyclic) bond motifs is 4. The number of aromatic nitrogens is 6. The molecule has 4 aliphatic carbocycles. The molecule has 7 aromatic rings. The van der Waals surface area contributed by atoms with E-state index in [2.05, 4.69) is 40.8 Å². The number of carboxylic acid groups (broad SMARTS) is 2. The minimum absolute atomic E-state index is 0.0358. The molecule has 14 nitrogen and oxygen atoms in total. The number of nitrogens with zero attached hydrogens (tertiary/aromatic N) is 7. The van der Waals surface area contributed by atoms with E-state index in [0.29, 0.717) is 48.8 Å². The maximum atomic E-state index is 13.6. The summed E-state index contributed by atoms with van der Waals surface area (Å²) in [6.07, 6.45) is 15.4. The Balaban J connectivity index is 0.000000139. The molecule has 1 unspecified atom stereocenters. The van der Waals surface area contributed by atoms with Crippen LogP contribution in [0, 0.1) is 36.1 Å². The number of carboxylic acids is 2. The van der Waals surface area contributed by atoms with Crippen LogP contribution in [-0.4, -0.2) is 102 Å². The van der Waals surface area contributed by atoms with Gasteiger partial charge in [-0.05, 0) is 232 Å². The number of likely N-dealkylation sites (tertiary alicyclic amines) is 1. The Bertz CT molecular complexity index is 3440. The fraction of sp³-hybridized carbons (Fsp3) is 0.323. The van der Waals surface area contributed by atoms with Crippen molar-refractivity contribution < 1.29 is 47.0 Å². The first kappa shape index (κ1) is 60.6. The third-order valence-corrected chi connectivity index (χ3v) is 15.0. The van der Waals surface area contributed by atoms with Gasteiger partial charge in [0.15, 0.2) is 11.6 Å². The Morgan fingerprint density at radius 3 is 1.57 bits per heavy atom. The van der Waals surface area contributed by atoms with E-state index in [1.807, 2.05) is 43.3 Å². The fourth-order valence-electron chi connectivity index (χ4n) is 11.0. The van der Waals surface area contributed by atoms with Crippen LogP contribution < -0.4 is 5.32 Å². The lowest BCUT2D eigenvalue weighted by molar-refractivity contribution is -0.138. The minimum atomic E-state index is -0.998. The third-order valence-electron chi connectivity index (χ3n) is 15.0. The van der Waals surface area contributed by atoms with E-state index in [9.17, 15) is 36.7 Å². The molecule has 3 N–H and O–H groups in total. The number of carbonyl (C=O) groups excluding carboxylic acids is 2. The van der Waals surface area contributed by atoms with Crippen molar-refractivity contribution in [2.24, 2.45) is 5.92 Å². The highest BCUT2D eigenvalue weighted by molar-refractivity contribution is 6.03. The summed E-state index contributed by atoms with van der Waals surface area (Å²) in [6, 6.07) is 29.4. The molecule has 0 radical (unpaired) electrons. The number of ketones is 2. The lowest BCUT2D eigenvalue weighted by atomic mass is 9.99. The van der Waals surface area contributed by atoms with E-state index in [1.54, 1.807) is 48.9 Å². The number of hydrogen-bond acceptors (Lipinski definition) is 12. The number of Topliss-reactive ketones (excluding diaryl/α,β-unsaturated/α-hetero) is 2. The zero-order chi connectivity index (χ0) is 58.7. The van der Waals surface area contributed by atoms with E-state index < -0.39 is 23.7 Å². The molecule has 18 heteroatoms. The van der Waals surface area contributed by atoms with Gasteiger partial charge in [-0.25, -0.2) is 17.6 Å². The van der Waals surface area contributed by atoms with Crippen molar-refractivity contribution in [2.75, 3.05) is 32.7 Å². The maximum absolute atomic E-state index is 13.6. The highest BCUT2D eigenvalue weighted by Crippen LogP contribution is 2.38. The summed E-state index contributed by atoms with van der Waals surface area (Å²) in [5.41, 5.74) is 13.9. The summed E-state index contributed by atoms with van der Waals surface area (Å²) in [6.45, 7) is 7.95. The maximum Gasteiger partial charge on any atom is 0.307 e. The number of benzene rings is 4. The number of hydrogen-bond donors (Lipinski definition) is 3. The lowest BCUT2D eigenvalue weighted by Gasteiger charge is -2.16. The predicted molar refractivity (Wildman–Crippen MR) is 306 cm³/mol. The molecule has 5 heterocycles. The second-order valence-corrected chi connectivity index (χ2v) is 21.0. The minimum Gasteiger partial charge on any atom is -0.481 e. The van der Waals surface area contributed by atoms with Gasteiger partial charge in [-0.1, -0.05) is 23.3 Å². The van der Waals surface area contributed by atoms with Crippen LogP contribution in [0.4, 0.5) is 17.6 Å². The summed E-state index contributed by atoms with van der Waals surface area (Å²) < 4.78 is 52.4. The van der Waals surface area contributed by atoms with Crippen LogP contribution in [0.15, 0.2) is 139 Å². The first-order chi connectivity index (χ1) is 40.2. The lowest BCUT2D eigenvalue weighted by Crippen LogP contribution is -2.20. The van der Waals surface area contributed by atoms with Crippen LogP contribution in [0.2, 0.25) is 0 Å².